The van der Waals surface area contributed by atoms with Crippen molar-refractivity contribution in [2.24, 2.45) is 0 Å². The number of hydrogen-bond donors (Lipinski definition) is 2. The van der Waals surface area contributed by atoms with Crippen LogP contribution >= 0.6 is 0 Å². The molecule has 0 aliphatic rings. The van der Waals surface area contributed by atoms with E-state index >= 15 is 0 Å². The molecular formula is C9H14N6. The molecule has 0 unspecified atom stereocenters. The number of aromatic nitrogens is 4. The molecule has 6 heteroatoms. The molecular weight excluding hydrogens is 192 g/mol. The Bertz CT molecular complexity index is 487. The van der Waals surface area contributed by atoms with E-state index in [2.05, 4.69) is 20.4 Å². The first-order chi connectivity index (χ1) is 7.06. The van der Waals surface area contributed by atoms with Gasteiger partial charge in [0.25, 0.3) is 0 Å². The fraction of sp³-hybridized carbons (Fsp3) is 0.444. The zero-order chi connectivity index (χ0) is 11.0. The van der Waals surface area contributed by atoms with E-state index in [0.29, 0.717) is 11.6 Å². The Kier molecular flexibility index (Phi) is 2.18. The molecule has 0 atom stereocenters. The van der Waals surface area contributed by atoms with Crippen LogP contribution in [0.25, 0.3) is 5.65 Å². The van der Waals surface area contributed by atoms with Crippen molar-refractivity contribution >= 4 is 17.5 Å². The molecule has 2 rings (SSSR count). The number of nitrogens with two attached hydrogens (primary N) is 1. The van der Waals surface area contributed by atoms with E-state index in [4.69, 9.17) is 5.73 Å². The minimum absolute atomic E-state index is 0.255. The smallest absolute Gasteiger partial charge is 0.229 e. The van der Waals surface area contributed by atoms with Crippen molar-refractivity contribution in [3.05, 3.63) is 11.8 Å². The Labute approximate surface area is 87.5 Å². The van der Waals surface area contributed by atoms with E-state index < -0.39 is 0 Å². The lowest BCUT2D eigenvalue weighted by Crippen LogP contribution is -2.16. The van der Waals surface area contributed by atoms with Gasteiger partial charge < -0.3 is 11.1 Å². The summed E-state index contributed by atoms with van der Waals surface area (Å²) >= 11 is 0. The van der Waals surface area contributed by atoms with Gasteiger partial charge >= 0.3 is 0 Å². The largest absolute Gasteiger partial charge is 0.368 e. The summed E-state index contributed by atoms with van der Waals surface area (Å²) in [6.07, 6.45) is 0. The number of hydrogen-bond acceptors (Lipinski definition) is 5. The molecule has 2 heterocycles. The van der Waals surface area contributed by atoms with Crippen molar-refractivity contribution in [3.63, 3.8) is 0 Å². The van der Waals surface area contributed by atoms with Gasteiger partial charge in [0, 0.05) is 12.1 Å². The topological polar surface area (TPSA) is 81.1 Å². The van der Waals surface area contributed by atoms with Gasteiger partial charge in [-0.15, -0.1) is 0 Å². The average Bonchev–Trinajstić information content (AvgIpc) is 2.44. The van der Waals surface area contributed by atoms with Crippen molar-refractivity contribution in [1.29, 1.82) is 0 Å². The maximum Gasteiger partial charge on any atom is 0.229 e. The monoisotopic (exact) mass is 206 g/mol. The molecule has 0 fully saturated rings. The second kappa shape index (κ2) is 3.38. The average molecular weight is 206 g/mol. The molecule has 2 aromatic heterocycles. The van der Waals surface area contributed by atoms with Crippen LogP contribution in [0, 0.1) is 6.92 Å². The van der Waals surface area contributed by atoms with Gasteiger partial charge in [-0.1, -0.05) is 0 Å². The van der Waals surface area contributed by atoms with Crippen LogP contribution in [-0.4, -0.2) is 25.6 Å². The second-order valence-electron chi connectivity index (χ2n) is 3.76. The summed E-state index contributed by atoms with van der Waals surface area (Å²) in [5, 5.41) is 7.45. The normalized spacial score (nSPS) is 11.2. The third-order valence-corrected chi connectivity index (χ3v) is 1.88. The van der Waals surface area contributed by atoms with Crippen LogP contribution in [0.2, 0.25) is 0 Å². The zero-order valence-electron chi connectivity index (χ0n) is 9.02. The van der Waals surface area contributed by atoms with Crippen LogP contribution < -0.4 is 11.1 Å². The Hall–Kier alpha value is -1.85. The van der Waals surface area contributed by atoms with Crippen LogP contribution in [0.4, 0.5) is 11.9 Å². The van der Waals surface area contributed by atoms with Crippen LogP contribution in [-0.2, 0) is 0 Å². The molecule has 15 heavy (non-hydrogen) atoms. The first kappa shape index (κ1) is 9.70. The van der Waals surface area contributed by atoms with Crippen molar-refractivity contribution in [2.75, 3.05) is 11.1 Å². The molecule has 0 saturated heterocycles. The zero-order valence-corrected chi connectivity index (χ0v) is 9.02. The van der Waals surface area contributed by atoms with Gasteiger partial charge in [0.2, 0.25) is 11.9 Å². The Balaban J connectivity index is 2.59. The lowest BCUT2D eigenvalue weighted by molar-refractivity contribution is 0.820. The Morgan fingerprint density at radius 3 is 2.80 bits per heavy atom. The van der Waals surface area contributed by atoms with E-state index in [9.17, 15) is 0 Å². The molecule has 0 saturated carbocycles. The van der Waals surface area contributed by atoms with Crippen LogP contribution in [0.3, 0.4) is 0 Å². The SMILES string of the molecule is Cc1cc2nc(N)nc(NC(C)C)n2n1. The molecule has 80 valence electrons. The first-order valence-electron chi connectivity index (χ1n) is 4.82. The fourth-order valence-corrected chi connectivity index (χ4v) is 1.37. The minimum Gasteiger partial charge on any atom is -0.368 e. The van der Waals surface area contributed by atoms with Crippen molar-refractivity contribution < 1.29 is 0 Å². The molecule has 0 spiro atoms. The summed E-state index contributed by atoms with van der Waals surface area (Å²) in [4.78, 5) is 8.20. The summed E-state index contributed by atoms with van der Waals surface area (Å²) in [6.45, 7) is 5.96. The third kappa shape index (κ3) is 1.83. The number of fused-ring (bicyclic) bond motifs is 1. The molecule has 0 bridgehead atoms. The van der Waals surface area contributed by atoms with Crippen LogP contribution in [0.1, 0.15) is 19.5 Å². The van der Waals surface area contributed by atoms with Gasteiger partial charge in [0.05, 0.1) is 5.69 Å². The predicted molar refractivity (Wildman–Crippen MR) is 58.7 cm³/mol. The summed E-state index contributed by atoms with van der Waals surface area (Å²) < 4.78 is 1.66. The minimum atomic E-state index is 0.255. The Morgan fingerprint density at radius 1 is 1.40 bits per heavy atom. The number of nitrogens with one attached hydrogen (secondary N) is 1. The van der Waals surface area contributed by atoms with Gasteiger partial charge in [-0.25, -0.2) is 0 Å². The first-order valence-corrected chi connectivity index (χ1v) is 4.82. The van der Waals surface area contributed by atoms with E-state index in [1.165, 1.54) is 0 Å². The predicted octanol–water partition coefficient (Wildman–Crippen LogP) is 0.835. The number of anilines is 2. The lowest BCUT2D eigenvalue weighted by Gasteiger charge is -2.10. The van der Waals surface area contributed by atoms with E-state index in [1.807, 2.05) is 26.8 Å². The highest BCUT2D eigenvalue weighted by Gasteiger charge is 2.08. The summed E-state index contributed by atoms with van der Waals surface area (Å²) in [7, 11) is 0. The van der Waals surface area contributed by atoms with Gasteiger partial charge in [-0.05, 0) is 20.8 Å². The third-order valence-electron chi connectivity index (χ3n) is 1.88. The second-order valence-corrected chi connectivity index (χ2v) is 3.76. The maximum absolute atomic E-state index is 5.61. The molecule has 0 aliphatic carbocycles. The maximum atomic E-state index is 5.61. The summed E-state index contributed by atoms with van der Waals surface area (Å²) in [5.41, 5.74) is 7.21. The van der Waals surface area contributed by atoms with Crippen molar-refractivity contribution in [3.8, 4) is 0 Å². The van der Waals surface area contributed by atoms with Gasteiger partial charge in [-0.2, -0.15) is 19.6 Å². The fourth-order valence-electron chi connectivity index (χ4n) is 1.37. The van der Waals surface area contributed by atoms with Gasteiger partial charge in [0.15, 0.2) is 5.65 Å². The quantitative estimate of drug-likeness (QED) is 0.760. The number of rotatable bonds is 2. The molecule has 0 amide bonds. The highest BCUT2D eigenvalue weighted by molar-refractivity contribution is 5.49. The molecule has 0 radical (unpaired) electrons. The van der Waals surface area contributed by atoms with Crippen molar-refractivity contribution in [1.82, 2.24) is 19.6 Å². The number of aryl methyl sites for hydroxylation is 1. The lowest BCUT2D eigenvalue weighted by atomic mass is 10.4. The van der Waals surface area contributed by atoms with E-state index in [1.54, 1.807) is 4.52 Å². The van der Waals surface area contributed by atoms with E-state index in [0.717, 1.165) is 5.69 Å². The number of nitrogens with zero attached hydrogens (tertiary/aromatic N) is 4. The van der Waals surface area contributed by atoms with Crippen LogP contribution in [0.15, 0.2) is 6.07 Å². The van der Waals surface area contributed by atoms with Gasteiger partial charge in [0.1, 0.15) is 0 Å². The van der Waals surface area contributed by atoms with E-state index in [-0.39, 0.29) is 12.0 Å². The summed E-state index contributed by atoms with van der Waals surface area (Å²) in [6, 6.07) is 2.14. The Morgan fingerprint density at radius 2 is 2.13 bits per heavy atom. The highest BCUT2D eigenvalue weighted by Crippen LogP contribution is 2.11. The van der Waals surface area contributed by atoms with Gasteiger partial charge in [-0.3, -0.25) is 0 Å². The molecule has 3 N–H and O–H groups in total. The van der Waals surface area contributed by atoms with Crippen LogP contribution in [0.5, 0.6) is 0 Å². The summed E-state index contributed by atoms with van der Waals surface area (Å²) in [5.74, 6) is 0.881. The molecule has 0 aliphatic heterocycles. The van der Waals surface area contributed by atoms with Crippen molar-refractivity contribution in [2.45, 2.75) is 26.8 Å². The standard InChI is InChI=1S/C9H14N6/c1-5(2)11-9-13-8(10)12-7-4-6(3)14-15(7)9/h4-5H,1-3H3,(H3,10,11,12,13). The highest BCUT2D eigenvalue weighted by atomic mass is 15.4. The molecule has 6 nitrogen and oxygen atoms in total. The molecule has 2 aromatic rings. The molecule has 0 aromatic carbocycles. The number of nitrogen functional groups attached to an aromatic ring is 1.